The summed E-state index contributed by atoms with van der Waals surface area (Å²) in [6.07, 6.45) is 0.397. The van der Waals surface area contributed by atoms with Gasteiger partial charge in [0.1, 0.15) is 0 Å². The van der Waals surface area contributed by atoms with Crippen molar-refractivity contribution in [3.63, 3.8) is 0 Å². The smallest absolute Gasteiger partial charge is 0.246 e. The minimum atomic E-state index is -0.0856. The summed E-state index contributed by atoms with van der Waals surface area (Å²) in [4.78, 5) is 15.5. The number of nitrogens with one attached hydrogen (secondary N) is 1. The van der Waals surface area contributed by atoms with Crippen LogP contribution in [0.15, 0.2) is 16.7 Å². The van der Waals surface area contributed by atoms with Crippen LogP contribution in [-0.4, -0.2) is 37.4 Å². The first kappa shape index (κ1) is 16.6. The van der Waals surface area contributed by atoms with Gasteiger partial charge in [0.2, 0.25) is 23.4 Å². The summed E-state index contributed by atoms with van der Waals surface area (Å²) in [6, 6.07) is 3.45. The van der Waals surface area contributed by atoms with E-state index in [2.05, 4.69) is 15.5 Å². The number of hydrogen-bond donors (Lipinski definition) is 1. The Labute approximate surface area is 133 Å². The van der Waals surface area contributed by atoms with E-state index in [1.807, 2.05) is 0 Å². The first-order valence-corrected chi connectivity index (χ1v) is 7.02. The Morgan fingerprint density at radius 3 is 2.35 bits per heavy atom. The molecule has 0 saturated carbocycles. The van der Waals surface area contributed by atoms with Gasteiger partial charge in [-0.05, 0) is 12.1 Å². The lowest BCUT2D eigenvalue weighted by Crippen LogP contribution is -2.21. The Hall–Kier alpha value is -2.77. The van der Waals surface area contributed by atoms with E-state index >= 15 is 0 Å². The number of nitrogens with zero attached hydrogens (tertiary/aromatic N) is 2. The molecule has 1 amide bonds. The van der Waals surface area contributed by atoms with Crippen molar-refractivity contribution in [2.24, 2.45) is 0 Å². The molecule has 0 spiro atoms. The minimum absolute atomic E-state index is 0.0856. The first-order valence-electron chi connectivity index (χ1n) is 7.02. The lowest BCUT2D eigenvalue weighted by Gasteiger charge is -2.12. The van der Waals surface area contributed by atoms with E-state index in [0.717, 1.165) is 0 Å². The second-order valence-corrected chi connectivity index (χ2v) is 4.56. The molecule has 0 bridgehead atoms. The number of hydrogen-bond acceptors (Lipinski definition) is 7. The van der Waals surface area contributed by atoms with Gasteiger partial charge < -0.3 is 24.1 Å². The van der Waals surface area contributed by atoms with E-state index in [-0.39, 0.29) is 12.5 Å². The van der Waals surface area contributed by atoms with Crippen molar-refractivity contribution >= 4 is 5.91 Å². The molecule has 0 aliphatic heterocycles. The van der Waals surface area contributed by atoms with Crippen molar-refractivity contribution in [1.82, 2.24) is 15.5 Å². The van der Waals surface area contributed by atoms with Gasteiger partial charge in [0, 0.05) is 12.0 Å². The number of ether oxygens (including phenoxy) is 3. The van der Waals surface area contributed by atoms with E-state index < -0.39 is 0 Å². The molecule has 0 atom stereocenters. The molecule has 8 heteroatoms. The van der Waals surface area contributed by atoms with Gasteiger partial charge in [0.25, 0.3) is 0 Å². The highest BCUT2D eigenvalue weighted by molar-refractivity contribution is 5.75. The van der Waals surface area contributed by atoms with Gasteiger partial charge in [-0.1, -0.05) is 12.1 Å². The van der Waals surface area contributed by atoms with Crippen LogP contribution in [0.2, 0.25) is 0 Å². The molecule has 0 radical (unpaired) electrons. The van der Waals surface area contributed by atoms with Crippen molar-refractivity contribution in [3.8, 4) is 28.6 Å². The monoisotopic (exact) mass is 321 g/mol. The lowest BCUT2D eigenvalue weighted by molar-refractivity contribution is -0.121. The molecular weight excluding hydrogens is 302 g/mol. The van der Waals surface area contributed by atoms with E-state index in [1.54, 1.807) is 19.1 Å². The normalized spacial score (nSPS) is 10.3. The molecule has 1 heterocycles. The van der Waals surface area contributed by atoms with Crippen LogP contribution in [0.5, 0.6) is 17.2 Å². The van der Waals surface area contributed by atoms with Crippen LogP contribution in [0.25, 0.3) is 11.4 Å². The fourth-order valence-corrected chi connectivity index (χ4v) is 1.95. The second kappa shape index (κ2) is 7.48. The number of aromatic nitrogens is 2. The Morgan fingerprint density at radius 1 is 1.17 bits per heavy atom. The molecule has 0 saturated heterocycles. The maximum absolute atomic E-state index is 11.3. The van der Waals surface area contributed by atoms with Crippen LogP contribution < -0.4 is 19.5 Å². The lowest BCUT2D eigenvalue weighted by atomic mass is 10.1. The molecule has 8 nitrogen and oxygen atoms in total. The molecule has 124 valence electrons. The fourth-order valence-electron chi connectivity index (χ4n) is 1.95. The largest absolute Gasteiger partial charge is 0.493 e. The summed E-state index contributed by atoms with van der Waals surface area (Å²) >= 11 is 0. The molecule has 2 aromatic rings. The third-order valence-corrected chi connectivity index (χ3v) is 3.15. The fraction of sp³-hybridized carbons (Fsp3) is 0.400. The minimum Gasteiger partial charge on any atom is -0.493 e. The van der Waals surface area contributed by atoms with Crippen LogP contribution >= 0.6 is 0 Å². The number of amides is 1. The SMILES string of the molecule is CCC(=O)NCc1nc(-c2cc(OC)c(OC)c(OC)c2)no1. The van der Waals surface area contributed by atoms with Crippen LogP contribution in [0.1, 0.15) is 19.2 Å². The summed E-state index contributed by atoms with van der Waals surface area (Å²) in [6.45, 7) is 1.95. The summed E-state index contributed by atoms with van der Waals surface area (Å²) in [7, 11) is 4.59. The zero-order chi connectivity index (χ0) is 16.8. The number of benzene rings is 1. The van der Waals surface area contributed by atoms with Gasteiger partial charge >= 0.3 is 0 Å². The van der Waals surface area contributed by atoms with E-state index in [4.69, 9.17) is 18.7 Å². The molecule has 0 aliphatic rings. The van der Waals surface area contributed by atoms with E-state index in [0.29, 0.717) is 40.9 Å². The van der Waals surface area contributed by atoms with Gasteiger partial charge in [-0.25, -0.2) is 0 Å². The Bertz CT molecular complexity index is 658. The third-order valence-electron chi connectivity index (χ3n) is 3.15. The molecule has 1 aromatic heterocycles. The van der Waals surface area contributed by atoms with Crippen LogP contribution in [0.4, 0.5) is 0 Å². The van der Waals surface area contributed by atoms with Crippen LogP contribution in [0.3, 0.4) is 0 Å². The quantitative estimate of drug-likeness (QED) is 0.830. The van der Waals surface area contributed by atoms with Crippen molar-refractivity contribution in [3.05, 3.63) is 18.0 Å². The summed E-state index contributed by atoms with van der Waals surface area (Å²) < 4.78 is 21.0. The average molecular weight is 321 g/mol. The van der Waals surface area contributed by atoms with Gasteiger partial charge in [0.05, 0.1) is 27.9 Å². The van der Waals surface area contributed by atoms with E-state index in [1.165, 1.54) is 21.3 Å². The zero-order valence-corrected chi connectivity index (χ0v) is 13.5. The van der Waals surface area contributed by atoms with Gasteiger partial charge in [0.15, 0.2) is 11.5 Å². The van der Waals surface area contributed by atoms with Gasteiger partial charge in [-0.3, -0.25) is 4.79 Å². The highest BCUT2D eigenvalue weighted by atomic mass is 16.5. The average Bonchev–Trinajstić information content (AvgIpc) is 3.07. The summed E-state index contributed by atoms with van der Waals surface area (Å²) in [5.41, 5.74) is 0.649. The van der Waals surface area contributed by atoms with Gasteiger partial charge in [-0.15, -0.1) is 0 Å². The standard InChI is InChI=1S/C15H19N3O5/c1-5-12(19)16-8-13-17-15(18-23-13)9-6-10(20-2)14(22-4)11(7-9)21-3/h6-7H,5,8H2,1-4H3,(H,16,19). The van der Waals surface area contributed by atoms with Gasteiger partial charge in [-0.2, -0.15) is 4.98 Å². The topological polar surface area (TPSA) is 95.7 Å². The Morgan fingerprint density at radius 2 is 1.83 bits per heavy atom. The Kier molecular flexibility index (Phi) is 5.40. The molecule has 0 unspecified atom stereocenters. The molecule has 1 N–H and O–H groups in total. The van der Waals surface area contributed by atoms with Crippen molar-refractivity contribution in [2.75, 3.05) is 21.3 Å². The number of methoxy groups -OCH3 is 3. The van der Waals surface area contributed by atoms with Crippen LogP contribution in [0, 0.1) is 0 Å². The predicted octanol–water partition coefficient (Wildman–Crippen LogP) is 1.79. The number of carbonyl (C=O) groups is 1. The van der Waals surface area contributed by atoms with Crippen molar-refractivity contribution in [1.29, 1.82) is 0 Å². The van der Waals surface area contributed by atoms with E-state index in [9.17, 15) is 4.79 Å². The Balaban J connectivity index is 2.28. The molecule has 0 fully saturated rings. The first-order chi connectivity index (χ1) is 11.1. The molecule has 23 heavy (non-hydrogen) atoms. The highest BCUT2D eigenvalue weighted by Gasteiger charge is 2.17. The maximum Gasteiger partial charge on any atom is 0.246 e. The second-order valence-electron chi connectivity index (χ2n) is 4.56. The molecule has 1 aromatic carbocycles. The van der Waals surface area contributed by atoms with Crippen LogP contribution in [-0.2, 0) is 11.3 Å². The van der Waals surface area contributed by atoms with Crippen molar-refractivity contribution in [2.45, 2.75) is 19.9 Å². The zero-order valence-electron chi connectivity index (χ0n) is 13.5. The maximum atomic E-state index is 11.3. The molecular formula is C15H19N3O5. The number of rotatable bonds is 7. The number of carbonyl (C=O) groups excluding carboxylic acids is 1. The molecule has 2 rings (SSSR count). The summed E-state index contributed by atoms with van der Waals surface area (Å²) in [5, 5.41) is 6.58. The molecule has 0 aliphatic carbocycles. The summed E-state index contributed by atoms with van der Waals surface area (Å²) in [5.74, 6) is 2.07. The van der Waals surface area contributed by atoms with Crippen molar-refractivity contribution < 1.29 is 23.5 Å². The highest BCUT2D eigenvalue weighted by Crippen LogP contribution is 2.40. The third kappa shape index (κ3) is 3.71. The predicted molar refractivity (Wildman–Crippen MR) is 81.5 cm³/mol.